The molecule has 1 saturated heterocycles. The molecular weight excluding hydrogens is 264 g/mol. The molecule has 1 fully saturated rings. The minimum atomic E-state index is -0.917. The van der Waals surface area contributed by atoms with Crippen LogP contribution in [-0.2, 0) is 6.42 Å². The number of halogens is 1. The molecule has 0 radical (unpaired) electrons. The first kappa shape index (κ1) is 14.2. The summed E-state index contributed by atoms with van der Waals surface area (Å²) >= 11 is 5.85. The summed E-state index contributed by atoms with van der Waals surface area (Å²) in [6.45, 7) is 2.93. The molecule has 5 heteroatoms. The second-order valence-electron chi connectivity index (χ2n) is 4.94. The molecule has 2 N–H and O–H groups in total. The van der Waals surface area contributed by atoms with Crippen LogP contribution in [0.5, 0.6) is 0 Å². The van der Waals surface area contributed by atoms with Gasteiger partial charge in [-0.3, -0.25) is 0 Å². The Labute approximate surface area is 118 Å². The molecule has 0 bridgehead atoms. The molecule has 0 atom stereocenters. The molecule has 0 aliphatic carbocycles. The van der Waals surface area contributed by atoms with Gasteiger partial charge in [-0.15, -0.1) is 0 Å². The minimum absolute atomic E-state index is 0.115. The summed E-state index contributed by atoms with van der Waals surface area (Å²) in [6, 6.07) is 8.06. The number of piperidine rings is 1. The van der Waals surface area contributed by atoms with Crippen LogP contribution >= 0.6 is 11.6 Å². The van der Waals surface area contributed by atoms with Crippen molar-refractivity contribution in [2.75, 3.05) is 19.6 Å². The van der Waals surface area contributed by atoms with Crippen molar-refractivity contribution < 1.29 is 9.90 Å². The maximum atomic E-state index is 10.6. The van der Waals surface area contributed by atoms with Gasteiger partial charge >= 0.3 is 6.09 Å². The van der Waals surface area contributed by atoms with Crippen LogP contribution in [-0.4, -0.2) is 41.8 Å². The van der Waals surface area contributed by atoms with E-state index in [9.17, 15) is 4.79 Å². The topological polar surface area (TPSA) is 52.6 Å². The molecule has 1 heterocycles. The lowest BCUT2D eigenvalue weighted by Gasteiger charge is -2.31. The predicted molar refractivity (Wildman–Crippen MR) is 75.8 cm³/mol. The average molecular weight is 283 g/mol. The van der Waals surface area contributed by atoms with Gasteiger partial charge in [-0.25, -0.2) is 4.79 Å². The molecule has 2 rings (SSSR count). The molecule has 104 valence electrons. The molecule has 1 aromatic rings. The summed E-state index contributed by atoms with van der Waals surface area (Å²) in [5, 5.41) is 12.0. The Hall–Kier alpha value is -1.26. The smallest absolute Gasteiger partial charge is 0.404 e. The molecular formula is C14H19ClN2O2. The van der Waals surface area contributed by atoms with E-state index in [1.807, 2.05) is 12.1 Å². The number of likely N-dealkylation sites (tertiary alicyclic amines) is 1. The number of rotatable bonds is 4. The highest BCUT2D eigenvalue weighted by molar-refractivity contribution is 6.30. The normalized spacial score (nSPS) is 17.3. The minimum Gasteiger partial charge on any atom is -0.465 e. The first-order chi connectivity index (χ1) is 9.13. The van der Waals surface area contributed by atoms with E-state index in [0.717, 1.165) is 43.9 Å². The highest BCUT2D eigenvalue weighted by atomic mass is 35.5. The molecule has 0 aromatic heterocycles. The van der Waals surface area contributed by atoms with Gasteiger partial charge in [0.15, 0.2) is 0 Å². The first-order valence-corrected chi connectivity index (χ1v) is 6.97. The zero-order valence-electron chi connectivity index (χ0n) is 10.8. The number of hydrogen-bond donors (Lipinski definition) is 2. The Morgan fingerprint density at radius 3 is 2.53 bits per heavy atom. The SMILES string of the molecule is O=C(O)NC1CCN(CCc2ccc(Cl)cc2)CC1. The number of benzene rings is 1. The van der Waals surface area contributed by atoms with Crippen LogP contribution in [0.15, 0.2) is 24.3 Å². The maximum Gasteiger partial charge on any atom is 0.404 e. The van der Waals surface area contributed by atoms with Crippen molar-refractivity contribution in [3.05, 3.63) is 34.9 Å². The number of amides is 1. The third-order valence-corrected chi connectivity index (χ3v) is 3.80. The zero-order valence-corrected chi connectivity index (χ0v) is 11.6. The third kappa shape index (κ3) is 4.73. The van der Waals surface area contributed by atoms with Gasteiger partial charge in [-0.1, -0.05) is 23.7 Å². The quantitative estimate of drug-likeness (QED) is 0.892. The molecule has 1 amide bonds. The van der Waals surface area contributed by atoms with Crippen LogP contribution in [0, 0.1) is 0 Å². The summed E-state index contributed by atoms with van der Waals surface area (Å²) in [6.07, 6.45) is 1.88. The van der Waals surface area contributed by atoms with Gasteiger partial charge < -0.3 is 15.3 Å². The van der Waals surface area contributed by atoms with E-state index in [2.05, 4.69) is 22.3 Å². The Balaban J connectivity index is 1.71. The fraction of sp³-hybridized carbons (Fsp3) is 0.500. The molecule has 4 nitrogen and oxygen atoms in total. The second-order valence-corrected chi connectivity index (χ2v) is 5.38. The third-order valence-electron chi connectivity index (χ3n) is 3.55. The van der Waals surface area contributed by atoms with E-state index in [4.69, 9.17) is 16.7 Å². The van der Waals surface area contributed by atoms with Crippen LogP contribution in [0.2, 0.25) is 5.02 Å². The van der Waals surface area contributed by atoms with Crippen LogP contribution < -0.4 is 5.32 Å². The largest absolute Gasteiger partial charge is 0.465 e. The lowest BCUT2D eigenvalue weighted by molar-refractivity contribution is 0.169. The fourth-order valence-electron chi connectivity index (χ4n) is 2.41. The van der Waals surface area contributed by atoms with Crippen molar-refractivity contribution in [3.63, 3.8) is 0 Å². The lowest BCUT2D eigenvalue weighted by Crippen LogP contribution is -2.44. The molecule has 0 unspecified atom stereocenters. The summed E-state index contributed by atoms with van der Waals surface area (Å²) in [7, 11) is 0. The van der Waals surface area contributed by atoms with Gasteiger partial charge in [0.2, 0.25) is 0 Å². The first-order valence-electron chi connectivity index (χ1n) is 6.60. The summed E-state index contributed by atoms with van der Waals surface area (Å²) < 4.78 is 0. The molecule has 1 aromatic carbocycles. The molecule has 19 heavy (non-hydrogen) atoms. The Bertz CT molecular complexity index is 414. The average Bonchev–Trinajstić information content (AvgIpc) is 2.39. The van der Waals surface area contributed by atoms with E-state index in [0.29, 0.717) is 0 Å². The van der Waals surface area contributed by atoms with Gasteiger partial charge in [0.1, 0.15) is 0 Å². The van der Waals surface area contributed by atoms with Crippen molar-refractivity contribution in [1.29, 1.82) is 0 Å². The van der Waals surface area contributed by atoms with Crippen molar-refractivity contribution in [1.82, 2.24) is 10.2 Å². The van der Waals surface area contributed by atoms with Gasteiger partial charge in [0.25, 0.3) is 0 Å². The van der Waals surface area contributed by atoms with E-state index in [1.54, 1.807) is 0 Å². The number of carbonyl (C=O) groups is 1. The summed E-state index contributed by atoms with van der Waals surface area (Å²) in [5.41, 5.74) is 1.29. The van der Waals surface area contributed by atoms with Crippen molar-refractivity contribution in [2.45, 2.75) is 25.3 Å². The van der Waals surface area contributed by atoms with E-state index in [-0.39, 0.29) is 6.04 Å². The molecule has 0 spiro atoms. The molecule has 1 aliphatic heterocycles. The van der Waals surface area contributed by atoms with Crippen molar-refractivity contribution in [2.24, 2.45) is 0 Å². The standard InChI is InChI=1S/C14H19ClN2O2/c15-12-3-1-11(2-4-12)5-8-17-9-6-13(7-10-17)16-14(18)19/h1-4,13,16H,5-10H2,(H,18,19). The number of nitrogens with zero attached hydrogens (tertiary/aromatic N) is 1. The van der Waals surface area contributed by atoms with Crippen molar-refractivity contribution in [3.8, 4) is 0 Å². The van der Waals surface area contributed by atoms with Crippen LogP contribution in [0.1, 0.15) is 18.4 Å². The van der Waals surface area contributed by atoms with Gasteiger partial charge in [-0.05, 0) is 37.0 Å². The fourth-order valence-corrected chi connectivity index (χ4v) is 2.54. The van der Waals surface area contributed by atoms with Gasteiger partial charge in [-0.2, -0.15) is 0 Å². The number of carboxylic acid groups (broad SMARTS) is 1. The van der Waals surface area contributed by atoms with E-state index >= 15 is 0 Å². The predicted octanol–water partition coefficient (Wildman–Crippen LogP) is 2.61. The van der Waals surface area contributed by atoms with Gasteiger partial charge in [0.05, 0.1) is 0 Å². The maximum absolute atomic E-state index is 10.6. The highest BCUT2D eigenvalue weighted by Crippen LogP contribution is 2.13. The Kier molecular flexibility index (Phi) is 5.05. The monoisotopic (exact) mass is 282 g/mol. The van der Waals surface area contributed by atoms with Crippen LogP contribution in [0.3, 0.4) is 0 Å². The Morgan fingerprint density at radius 1 is 1.32 bits per heavy atom. The zero-order chi connectivity index (χ0) is 13.7. The van der Waals surface area contributed by atoms with Crippen LogP contribution in [0.4, 0.5) is 4.79 Å². The summed E-state index contributed by atoms with van der Waals surface area (Å²) in [5.74, 6) is 0. The number of hydrogen-bond acceptors (Lipinski definition) is 2. The lowest BCUT2D eigenvalue weighted by atomic mass is 10.0. The second kappa shape index (κ2) is 6.78. The summed E-state index contributed by atoms with van der Waals surface area (Å²) in [4.78, 5) is 12.9. The van der Waals surface area contributed by atoms with Crippen LogP contribution in [0.25, 0.3) is 0 Å². The molecule has 0 saturated carbocycles. The van der Waals surface area contributed by atoms with Gasteiger partial charge in [0, 0.05) is 30.7 Å². The van der Waals surface area contributed by atoms with Crippen molar-refractivity contribution >= 4 is 17.7 Å². The Morgan fingerprint density at radius 2 is 1.95 bits per heavy atom. The highest BCUT2D eigenvalue weighted by Gasteiger charge is 2.19. The number of nitrogens with one attached hydrogen (secondary N) is 1. The molecule has 1 aliphatic rings. The van der Waals surface area contributed by atoms with E-state index in [1.165, 1.54) is 5.56 Å². The van der Waals surface area contributed by atoms with E-state index < -0.39 is 6.09 Å².